The van der Waals surface area contributed by atoms with Gasteiger partial charge in [0.1, 0.15) is 0 Å². The van der Waals surface area contributed by atoms with Crippen molar-refractivity contribution in [3.8, 4) is 0 Å². The molecule has 1 unspecified atom stereocenters. The molecule has 1 amide bonds. The number of nitrogens with one attached hydrogen (secondary N) is 1. The largest absolute Gasteiger partial charge is 0.457 e. The molecule has 2 rings (SSSR count). The second-order valence-electron chi connectivity index (χ2n) is 3.44. The lowest BCUT2D eigenvalue weighted by Crippen LogP contribution is -2.25. The van der Waals surface area contributed by atoms with E-state index in [9.17, 15) is 4.79 Å². The molecule has 1 fully saturated rings. The fraction of sp³-hybridized carbons (Fsp3) is 0.273. The average Bonchev–Trinajstić information content (AvgIpc) is 2.59. The highest BCUT2D eigenvalue weighted by Gasteiger charge is 2.29. The van der Waals surface area contributed by atoms with Crippen LogP contribution in [0.2, 0.25) is 0 Å². The molecule has 1 atom stereocenters. The second-order valence-corrected chi connectivity index (χ2v) is 4.69. The van der Waals surface area contributed by atoms with Crippen LogP contribution in [0, 0.1) is 0 Å². The van der Waals surface area contributed by atoms with E-state index in [0.29, 0.717) is 6.42 Å². The standard InChI is InChI=1S/C11H11NO2S2/c1-16-8-4-2-7(3-5-8)6-9-10(13)12-11(15)14-9/h2-5,9H,6H2,1H3,(H,12,13,15). The van der Waals surface area contributed by atoms with Gasteiger partial charge < -0.3 is 4.74 Å². The minimum atomic E-state index is -0.479. The SMILES string of the molecule is CSc1ccc(CC2OC(=S)NC2=O)cc1. The first-order valence-corrected chi connectivity index (χ1v) is 6.47. The molecule has 0 saturated carbocycles. The molecule has 84 valence electrons. The van der Waals surface area contributed by atoms with E-state index in [1.807, 2.05) is 30.5 Å². The first-order chi connectivity index (χ1) is 7.69. The van der Waals surface area contributed by atoms with Gasteiger partial charge in [0.15, 0.2) is 6.10 Å². The Morgan fingerprint density at radius 3 is 2.62 bits per heavy atom. The van der Waals surface area contributed by atoms with Crippen molar-refractivity contribution in [1.82, 2.24) is 5.32 Å². The molecule has 3 nitrogen and oxygen atoms in total. The summed E-state index contributed by atoms with van der Waals surface area (Å²) in [7, 11) is 0. The number of thioether (sulfide) groups is 1. The summed E-state index contributed by atoms with van der Waals surface area (Å²) in [5.41, 5.74) is 1.07. The van der Waals surface area contributed by atoms with E-state index in [4.69, 9.17) is 17.0 Å². The van der Waals surface area contributed by atoms with Crippen molar-refractivity contribution in [2.75, 3.05) is 6.26 Å². The van der Waals surface area contributed by atoms with Gasteiger partial charge >= 0.3 is 0 Å². The molecular weight excluding hydrogens is 242 g/mol. The minimum absolute atomic E-state index is 0.154. The Morgan fingerprint density at radius 2 is 2.12 bits per heavy atom. The van der Waals surface area contributed by atoms with E-state index in [2.05, 4.69) is 5.32 Å². The monoisotopic (exact) mass is 253 g/mol. The number of carbonyl (C=O) groups is 1. The molecule has 0 radical (unpaired) electrons. The Labute approximate surface area is 104 Å². The zero-order valence-electron chi connectivity index (χ0n) is 8.73. The van der Waals surface area contributed by atoms with Crippen LogP contribution in [-0.4, -0.2) is 23.4 Å². The number of thiocarbonyl (C=S) groups is 1. The number of hydrogen-bond acceptors (Lipinski definition) is 4. The maximum Gasteiger partial charge on any atom is 0.268 e. The van der Waals surface area contributed by atoms with E-state index in [1.165, 1.54) is 4.90 Å². The van der Waals surface area contributed by atoms with Crippen molar-refractivity contribution in [2.45, 2.75) is 17.4 Å². The average molecular weight is 253 g/mol. The molecule has 0 bridgehead atoms. The molecule has 1 aliphatic rings. The van der Waals surface area contributed by atoms with Crippen LogP contribution in [-0.2, 0) is 16.0 Å². The van der Waals surface area contributed by atoms with Crippen LogP contribution in [0.5, 0.6) is 0 Å². The zero-order chi connectivity index (χ0) is 11.5. The molecule has 1 heterocycles. The summed E-state index contributed by atoms with van der Waals surface area (Å²) in [5.74, 6) is -0.154. The van der Waals surface area contributed by atoms with Gasteiger partial charge in [-0.1, -0.05) is 12.1 Å². The summed E-state index contributed by atoms with van der Waals surface area (Å²) >= 11 is 6.46. The molecule has 5 heteroatoms. The van der Waals surface area contributed by atoms with Crippen molar-refractivity contribution >= 4 is 35.1 Å². The van der Waals surface area contributed by atoms with E-state index in [1.54, 1.807) is 11.8 Å². The van der Waals surface area contributed by atoms with Gasteiger partial charge in [-0.25, -0.2) is 0 Å². The van der Waals surface area contributed by atoms with Gasteiger partial charge in [0.25, 0.3) is 11.1 Å². The quantitative estimate of drug-likeness (QED) is 0.658. The summed E-state index contributed by atoms with van der Waals surface area (Å²) in [6.07, 6.45) is 2.11. The van der Waals surface area contributed by atoms with Crippen molar-refractivity contribution in [3.05, 3.63) is 29.8 Å². The molecule has 16 heavy (non-hydrogen) atoms. The fourth-order valence-corrected chi connectivity index (χ4v) is 2.13. The third-order valence-electron chi connectivity index (χ3n) is 2.35. The Morgan fingerprint density at radius 1 is 1.44 bits per heavy atom. The number of carbonyl (C=O) groups excluding carboxylic acids is 1. The minimum Gasteiger partial charge on any atom is -0.457 e. The van der Waals surface area contributed by atoms with Gasteiger partial charge in [0.2, 0.25) is 0 Å². The van der Waals surface area contributed by atoms with Crippen LogP contribution >= 0.6 is 24.0 Å². The van der Waals surface area contributed by atoms with Gasteiger partial charge in [0, 0.05) is 11.3 Å². The van der Waals surface area contributed by atoms with Crippen molar-refractivity contribution < 1.29 is 9.53 Å². The maximum absolute atomic E-state index is 11.4. The lowest BCUT2D eigenvalue weighted by Gasteiger charge is -2.07. The molecule has 1 aliphatic heterocycles. The molecular formula is C11H11NO2S2. The van der Waals surface area contributed by atoms with E-state index in [0.717, 1.165) is 5.56 Å². The normalized spacial score (nSPS) is 19.4. The third kappa shape index (κ3) is 2.54. The lowest BCUT2D eigenvalue weighted by atomic mass is 10.1. The van der Waals surface area contributed by atoms with E-state index in [-0.39, 0.29) is 11.1 Å². The Hall–Kier alpha value is -1.07. The summed E-state index contributed by atoms with van der Waals surface area (Å²) in [5, 5.41) is 2.65. The smallest absolute Gasteiger partial charge is 0.268 e. The first kappa shape index (κ1) is 11.4. The van der Waals surface area contributed by atoms with Crippen LogP contribution in [0.4, 0.5) is 0 Å². The van der Waals surface area contributed by atoms with Crippen LogP contribution < -0.4 is 5.32 Å². The van der Waals surface area contributed by atoms with Gasteiger partial charge in [-0.05, 0) is 36.2 Å². The zero-order valence-corrected chi connectivity index (χ0v) is 10.4. The summed E-state index contributed by atoms with van der Waals surface area (Å²) in [6, 6.07) is 8.07. The van der Waals surface area contributed by atoms with Crippen molar-refractivity contribution in [3.63, 3.8) is 0 Å². The van der Waals surface area contributed by atoms with Crippen molar-refractivity contribution in [2.24, 2.45) is 0 Å². The molecule has 1 aromatic rings. The van der Waals surface area contributed by atoms with Crippen LogP contribution in [0.15, 0.2) is 29.2 Å². The highest BCUT2D eigenvalue weighted by atomic mass is 32.2. The van der Waals surface area contributed by atoms with Gasteiger partial charge in [-0.3, -0.25) is 10.1 Å². The molecule has 1 N–H and O–H groups in total. The highest BCUT2D eigenvalue weighted by Crippen LogP contribution is 2.17. The Bertz CT molecular complexity index is 416. The molecule has 1 saturated heterocycles. The summed E-state index contributed by atoms with van der Waals surface area (Å²) in [4.78, 5) is 12.6. The van der Waals surface area contributed by atoms with Gasteiger partial charge in [-0.2, -0.15) is 0 Å². The Kier molecular flexibility index (Phi) is 3.46. The van der Waals surface area contributed by atoms with Crippen LogP contribution in [0.3, 0.4) is 0 Å². The number of ether oxygens (including phenoxy) is 1. The fourth-order valence-electron chi connectivity index (χ4n) is 1.50. The molecule has 0 aromatic heterocycles. The summed E-state index contributed by atoms with van der Waals surface area (Å²) in [6.45, 7) is 0. The highest BCUT2D eigenvalue weighted by molar-refractivity contribution is 7.98. The van der Waals surface area contributed by atoms with E-state index < -0.39 is 6.10 Å². The second kappa shape index (κ2) is 4.84. The first-order valence-electron chi connectivity index (χ1n) is 4.83. The molecule has 0 spiro atoms. The number of hydrogen-bond donors (Lipinski definition) is 1. The van der Waals surface area contributed by atoms with Crippen LogP contribution in [0.25, 0.3) is 0 Å². The topological polar surface area (TPSA) is 38.3 Å². The van der Waals surface area contributed by atoms with Crippen molar-refractivity contribution in [1.29, 1.82) is 0 Å². The van der Waals surface area contributed by atoms with E-state index >= 15 is 0 Å². The number of rotatable bonds is 3. The van der Waals surface area contributed by atoms with Gasteiger partial charge in [0.05, 0.1) is 0 Å². The Balaban J connectivity index is 2.03. The maximum atomic E-state index is 11.4. The lowest BCUT2D eigenvalue weighted by molar-refractivity contribution is -0.123. The number of benzene rings is 1. The number of amides is 1. The predicted molar refractivity (Wildman–Crippen MR) is 67.5 cm³/mol. The van der Waals surface area contributed by atoms with Gasteiger partial charge in [-0.15, -0.1) is 11.8 Å². The van der Waals surface area contributed by atoms with Crippen LogP contribution in [0.1, 0.15) is 5.56 Å². The molecule has 0 aliphatic carbocycles. The third-order valence-corrected chi connectivity index (χ3v) is 3.29. The molecule has 1 aromatic carbocycles. The predicted octanol–water partition coefficient (Wildman–Crippen LogP) is 1.75. The summed E-state index contributed by atoms with van der Waals surface area (Å²) < 4.78 is 5.20.